The molecule has 0 aliphatic rings. The number of nitrogens with zero attached hydrogens (tertiary/aromatic N) is 3. The summed E-state index contributed by atoms with van der Waals surface area (Å²) in [7, 11) is 0. The summed E-state index contributed by atoms with van der Waals surface area (Å²) in [4.78, 5) is 33.2. The first-order valence-corrected chi connectivity index (χ1v) is 10.3. The van der Waals surface area contributed by atoms with Gasteiger partial charge < -0.3 is 9.88 Å². The fourth-order valence-corrected chi connectivity index (χ4v) is 4.06. The van der Waals surface area contributed by atoms with Crippen molar-refractivity contribution in [1.29, 1.82) is 0 Å². The van der Waals surface area contributed by atoms with Crippen LogP contribution in [-0.2, 0) is 11.3 Å². The Morgan fingerprint density at radius 1 is 1.03 bits per heavy atom. The molecule has 0 bridgehead atoms. The molecule has 1 amide bonds. The Bertz CT molecular complexity index is 1240. The fraction of sp³-hybridized carbons (Fsp3) is 0.130. The lowest BCUT2D eigenvalue weighted by molar-refractivity contribution is -0.116. The van der Waals surface area contributed by atoms with Gasteiger partial charge in [0.15, 0.2) is 5.43 Å². The van der Waals surface area contributed by atoms with Gasteiger partial charge in [0.05, 0.1) is 11.4 Å². The standard InChI is InChI=1S/C23H20N4O2S/c1-15-10-19(28)11-16(2)27(15)13-22(29)25-18-7-5-6-17(12-18)21-14-30-23(26-21)20-8-3-4-9-24-20/h3-12,14H,13H2,1-2H3,(H,25,29). The van der Waals surface area contributed by atoms with E-state index < -0.39 is 0 Å². The van der Waals surface area contributed by atoms with Gasteiger partial charge in [-0.1, -0.05) is 18.2 Å². The summed E-state index contributed by atoms with van der Waals surface area (Å²) in [6.07, 6.45) is 1.75. The number of carbonyl (C=O) groups is 1. The van der Waals surface area contributed by atoms with Crippen molar-refractivity contribution in [2.45, 2.75) is 20.4 Å². The van der Waals surface area contributed by atoms with Gasteiger partial charge in [0.25, 0.3) is 0 Å². The summed E-state index contributed by atoms with van der Waals surface area (Å²) >= 11 is 1.53. The van der Waals surface area contributed by atoms with E-state index >= 15 is 0 Å². The third-order valence-corrected chi connectivity index (χ3v) is 5.55. The van der Waals surface area contributed by atoms with Crippen molar-refractivity contribution < 1.29 is 4.79 Å². The molecule has 3 heterocycles. The molecular formula is C23H20N4O2S. The topological polar surface area (TPSA) is 76.9 Å². The van der Waals surface area contributed by atoms with Crippen LogP contribution in [0.4, 0.5) is 5.69 Å². The molecule has 3 aromatic heterocycles. The molecule has 0 spiro atoms. The molecular weight excluding hydrogens is 396 g/mol. The van der Waals surface area contributed by atoms with E-state index in [9.17, 15) is 9.59 Å². The first-order valence-electron chi connectivity index (χ1n) is 9.45. The Kier molecular flexibility index (Phi) is 5.54. The van der Waals surface area contributed by atoms with Crippen LogP contribution in [0.15, 0.2) is 71.0 Å². The van der Waals surface area contributed by atoms with Crippen molar-refractivity contribution in [2.75, 3.05) is 5.32 Å². The summed E-state index contributed by atoms with van der Waals surface area (Å²) in [5.74, 6) is -0.158. The highest BCUT2D eigenvalue weighted by atomic mass is 32.1. The molecule has 0 unspecified atom stereocenters. The van der Waals surface area contributed by atoms with E-state index in [1.807, 2.05) is 66.3 Å². The van der Waals surface area contributed by atoms with Crippen LogP contribution in [0.2, 0.25) is 0 Å². The van der Waals surface area contributed by atoms with Gasteiger partial charge in [-0.05, 0) is 38.1 Å². The van der Waals surface area contributed by atoms with E-state index in [2.05, 4.69) is 15.3 Å². The number of rotatable bonds is 5. The van der Waals surface area contributed by atoms with Crippen LogP contribution in [-0.4, -0.2) is 20.4 Å². The van der Waals surface area contributed by atoms with Crippen molar-refractivity contribution in [3.63, 3.8) is 0 Å². The molecule has 0 fully saturated rings. The second-order valence-electron chi connectivity index (χ2n) is 6.94. The average molecular weight is 417 g/mol. The maximum Gasteiger partial charge on any atom is 0.244 e. The van der Waals surface area contributed by atoms with Crippen LogP contribution < -0.4 is 10.7 Å². The number of pyridine rings is 2. The number of amides is 1. The lowest BCUT2D eigenvalue weighted by Crippen LogP contribution is -2.23. The molecule has 0 aliphatic heterocycles. The Balaban J connectivity index is 1.51. The van der Waals surface area contributed by atoms with Gasteiger partial charge in [-0.2, -0.15) is 0 Å². The third-order valence-electron chi connectivity index (χ3n) is 4.69. The molecule has 7 heteroatoms. The normalized spacial score (nSPS) is 10.7. The predicted octanol–water partition coefficient (Wildman–Crippen LogP) is 4.29. The number of nitrogens with one attached hydrogen (secondary N) is 1. The molecule has 6 nitrogen and oxygen atoms in total. The fourth-order valence-electron chi connectivity index (χ4n) is 3.25. The van der Waals surface area contributed by atoms with Crippen LogP contribution in [0.3, 0.4) is 0 Å². The number of hydrogen-bond acceptors (Lipinski definition) is 5. The Morgan fingerprint density at radius 3 is 2.57 bits per heavy atom. The summed E-state index contributed by atoms with van der Waals surface area (Å²) < 4.78 is 1.82. The van der Waals surface area contributed by atoms with E-state index in [-0.39, 0.29) is 17.9 Å². The van der Waals surface area contributed by atoms with Gasteiger partial charge in [-0.3, -0.25) is 14.6 Å². The zero-order valence-electron chi connectivity index (χ0n) is 16.6. The van der Waals surface area contributed by atoms with Crippen molar-refractivity contribution in [1.82, 2.24) is 14.5 Å². The summed E-state index contributed by atoms with van der Waals surface area (Å²) in [6, 6.07) is 16.4. The van der Waals surface area contributed by atoms with Crippen LogP contribution in [0, 0.1) is 13.8 Å². The van der Waals surface area contributed by atoms with E-state index in [0.29, 0.717) is 5.69 Å². The summed E-state index contributed by atoms with van der Waals surface area (Å²) in [6.45, 7) is 3.79. The molecule has 0 atom stereocenters. The van der Waals surface area contributed by atoms with Crippen molar-refractivity contribution in [2.24, 2.45) is 0 Å². The molecule has 30 heavy (non-hydrogen) atoms. The van der Waals surface area contributed by atoms with Crippen molar-refractivity contribution in [3.8, 4) is 22.0 Å². The quantitative estimate of drug-likeness (QED) is 0.527. The molecule has 0 saturated carbocycles. The molecule has 0 saturated heterocycles. The van der Waals surface area contributed by atoms with Crippen LogP contribution >= 0.6 is 11.3 Å². The minimum atomic E-state index is -0.158. The Hall–Kier alpha value is -3.58. The molecule has 1 N–H and O–H groups in total. The summed E-state index contributed by atoms with van der Waals surface area (Å²) in [5.41, 5.74) is 4.75. The largest absolute Gasteiger partial charge is 0.340 e. The molecule has 0 aliphatic carbocycles. The number of carbonyl (C=O) groups excluding carboxylic acids is 1. The van der Waals surface area contributed by atoms with Gasteiger partial charge in [0.2, 0.25) is 5.91 Å². The van der Waals surface area contributed by atoms with E-state index in [4.69, 9.17) is 0 Å². The number of aryl methyl sites for hydroxylation is 2. The number of anilines is 1. The number of thiazole rings is 1. The highest BCUT2D eigenvalue weighted by Crippen LogP contribution is 2.28. The lowest BCUT2D eigenvalue weighted by atomic mass is 10.1. The molecule has 150 valence electrons. The van der Waals surface area contributed by atoms with Crippen molar-refractivity contribution in [3.05, 3.63) is 87.8 Å². The highest BCUT2D eigenvalue weighted by Gasteiger charge is 2.10. The lowest BCUT2D eigenvalue weighted by Gasteiger charge is -2.14. The molecule has 0 radical (unpaired) electrons. The predicted molar refractivity (Wildman–Crippen MR) is 120 cm³/mol. The maximum atomic E-state index is 12.6. The number of hydrogen-bond donors (Lipinski definition) is 1. The molecule has 4 aromatic rings. The number of benzene rings is 1. The molecule has 1 aromatic carbocycles. The van der Waals surface area contributed by atoms with Gasteiger partial charge in [-0.25, -0.2) is 4.98 Å². The van der Waals surface area contributed by atoms with Gasteiger partial charge in [0, 0.05) is 46.3 Å². The van der Waals surface area contributed by atoms with E-state index in [1.54, 1.807) is 6.20 Å². The second kappa shape index (κ2) is 8.42. The monoisotopic (exact) mass is 416 g/mol. The van der Waals surface area contributed by atoms with Crippen LogP contribution in [0.5, 0.6) is 0 Å². The first-order chi connectivity index (χ1) is 14.5. The smallest absolute Gasteiger partial charge is 0.244 e. The number of aromatic nitrogens is 3. The van der Waals surface area contributed by atoms with Crippen molar-refractivity contribution >= 4 is 22.9 Å². The van der Waals surface area contributed by atoms with Gasteiger partial charge in [-0.15, -0.1) is 11.3 Å². The maximum absolute atomic E-state index is 12.6. The van der Waals surface area contributed by atoms with Crippen LogP contribution in [0.1, 0.15) is 11.4 Å². The van der Waals surface area contributed by atoms with E-state index in [0.717, 1.165) is 33.3 Å². The highest BCUT2D eigenvalue weighted by molar-refractivity contribution is 7.13. The Labute approximate surface area is 177 Å². The van der Waals surface area contributed by atoms with E-state index in [1.165, 1.54) is 23.5 Å². The van der Waals surface area contributed by atoms with Gasteiger partial charge in [0.1, 0.15) is 11.6 Å². The minimum Gasteiger partial charge on any atom is -0.340 e. The summed E-state index contributed by atoms with van der Waals surface area (Å²) in [5, 5.41) is 5.77. The zero-order chi connectivity index (χ0) is 21.1. The average Bonchev–Trinajstić information content (AvgIpc) is 3.22. The van der Waals surface area contributed by atoms with Gasteiger partial charge >= 0.3 is 0 Å². The Morgan fingerprint density at radius 2 is 1.83 bits per heavy atom. The van der Waals surface area contributed by atoms with Crippen LogP contribution in [0.25, 0.3) is 22.0 Å². The SMILES string of the molecule is Cc1cc(=O)cc(C)n1CC(=O)Nc1cccc(-c2csc(-c3ccccn3)n2)c1. The molecule has 4 rings (SSSR count). The first kappa shape index (κ1) is 19.7. The second-order valence-corrected chi connectivity index (χ2v) is 7.80. The third kappa shape index (κ3) is 4.36. The zero-order valence-corrected chi connectivity index (χ0v) is 17.4. The minimum absolute atomic E-state index is 0.0531.